The minimum Gasteiger partial charge on any atom is -0.453 e. The van der Waals surface area contributed by atoms with Crippen LogP contribution in [0, 0.1) is 0 Å². The van der Waals surface area contributed by atoms with Gasteiger partial charge < -0.3 is 24.6 Å². The number of nitrogens with one attached hydrogen (secondary N) is 2. The molecule has 3 aliphatic rings. The first-order valence-corrected chi connectivity index (χ1v) is 16.5. The quantitative estimate of drug-likeness (QED) is 0.233. The number of nitrogens with zero attached hydrogens (tertiary/aromatic N) is 8. The van der Waals surface area contributed by atoms with Crippen LogP contribution in [0.1, 0.15) is 11.1 Å². The van der Waals surface area contributed by atoms with E-state index in [1.165, 1.54) is 21.6 Å². The van der Waals surface area contributed by atoms with Crippen molar-refractivity contribution in [1.29, 1.82) is 0 Å². The molecule has 15 nitrogen and oxygen atoms in total. The van der Waals surface area contributed by atoms with Gasteiger partial charge in [-0.1, -0.05) is 6.08 Å². The molecular formula is C32H37F5N10O5. The summed E-state index contributed by atoms with van der Waals surface area (Å²) in [4.78, 5) is 52.2. The van der Waals surface area contributed by atoms with E-state index in [1.54, 1.807) is 11.1 Å². The zero-order chi connectivity index (χ0) is 37.0. The predicted octanol–water partition coefficient (Wildman–Crippen LogP) is 2.09. The maximum absolute atomic E-state index is 14.3. The van der Waals surface area contributed by atoms with E-state index in [4.69, 9.17) is 4.74 Å². The lowest BCUT2D eigenvalue weighted by Crippen LogP contribution is -2.55. The third-order valence-electron chi connectivity index (χ3n) is 8.76. The minimum absolute atomic E-state index is 0.197. The van der Waals surface area contributed by atoms with E-state index in [0.717, 1.165) is 18.9 Å². The van der Waals surface area contributed by atoms with Crippen molar-refractivity contribution in [3.05, 3.63) is 47.8 Å². The van der Waals surface area contributed by atoms with Crippen LogP contribution in [0.25, 0.3) is 16.9 Å². The first kappa shape index (κ1) is 36.8. The second-order valence-electron chi connectivity index (χ2n) is 12.6. The summed E-state index contributed by atoms with van der Waals surface area (Å²) in [6, 6.07) is 2.59. The highest BCUT2D eigenvalue weighted by Crippen LogP contribution is 2.38. The summed E-state index contributed by atoms with van der Waals surface area (Å²) in [6.07, 6.45) is -0.392. The molecule has 0 bridgehead atoms. The smallest absolute Gasteiger partial charge is 0.417 e. The number of carbonyl (C=O) groups is 3. The molecule has 0 aromatic carbocycles. The van der Waals surface area contributed by atoms with E-state index in [0.29, 0.717) is 76.4 Å². The molecule has 6 heterocycles. The van der Waals surface area contributed by atoms with Crippen LogP contribution in [0.3, 0.4) is 0 Å². The molecule has 0 aliphatic carbocycles. The highest BCUT2D eigenvalue weighted by Gasteiger charge is 2.43. The maximum Gasteiger partial charge on any atom is 0.417 e. The number of anilines is 2. The number of hydrogen-bond donors (Lipinski definition) is 2. The fraction of sp³-hybridized carbons (Fsp3) is 0.500. The van der Waals surface area contributed by atoms with Crippen molar-refractivity contribution in [2.75, 3.05) is 96.0 Å². The molecule has 0 saturated carbocycles. The van der Waals surface area contributed by atoms with Crippen molar-refractivity contribution < 1.29 is 45.8 Å². The molecule has 2 N–H and O–H groups in total. The number of amides is 3. The summed E-state index contributed by atoms with van der Waals surface area (Å²) >= 11 is 0. The Hall–Kier alpha value is -4.95. The number of pyridine rings is 1. The lowest BCUT2D eigenvalue weighted by molar-refractivity contribution is -0.137. The summed E-state index contributed by atoms with van der Waals surface area (Å²) in [5, 5.41) is 9.14. The van der Waals surface area contributed by atoms with Gasteiger partial charge in [0.25, 0.3) is 5.92 Å². The Morgan fingerprint density at radius 2 is 1.77 bits per heavy atom. The van der Waals surface area contributed by atoms with Gasteiger partial charge in [0.05, 0.1) is 51.1 Å². The van der Waals surface area contributed by atoms with E-state index in [2.05, 4.69) is 35.3 Å². The first-order chi connectivity index (χ1) is 24.8. The Bertz CT molecular complexity index is 1810. The van der Waals surface area contributed by atoms with Crippen molar-refractivity contribution in [3.8, 4) is 11.4 Å². The molecule has 20 heteroatoms. The molecule has 52 heavy (non-hydrogen) atoms. The number of halogens is 5. The first-order valence-electron chi connectivity index (χ1n) is 16.5. The van der Waals surface area contributed by atoms with Gasteiger partial charge in [-0.25, -0.2) is 28.1 Å². The van der Waals surface area contributed by atoms with Gasteiger partial charge in [0, 0.05) is 70.8 Å². The second kappa shape index (κ2) is 15.3. The van der Waals surface area contributed by atoms with E-state index in [-0.39, 0.29) is 49.3 Å². The van der Waals surface area contributed by atoms with Crippen LogP contribution in [-0.4, -0.2) is 144 Å². The minimum atomic E-state index is -4.82. The Morgan fingerprint density at radius 1 is 1.04 bits per heavy atom. The predicted molar refractivity (Wildman–Crippen MR) is 176 cm³/mol. The molecule has 3 aromatic heterocycles. The molecule has 3 amide bonds. The highest BCUT2D eigenvalue weighted by molar-refractivity contribution is 5.91. The van der Waals surface area contributed by atoms with Crippen molar-refractivity contribution in [3.63, 3.8) is 0 Å². The number of aromatic nitrogens is 4. The number of likely N-dealkylation sites (tertiary alicyclic amines) is 1. The Morgan fingerprint density at radius 3 is 2.44 bits per heavy atom. The monoisotopic (exact) mass is 736 g/mol. The lowest BCUT2D eigenvalue weighted by Gasteiger charge is -2.37. The normalized spacial score (nSPS) is 18.4. The van der Waals surface area contributed by atoms with Gasteiger partial charge in [-0.2, -0.15) is 13.2 Å². The standard InChI is InChI=1S/C32H37F5N10O5/c1-51-30(50)40-25-14-23(32(35,36)37)22(15-38-25)28-41-29(46-9-11-52-12-10-46)24-13-21(18-47(24)42-28)17-43-5-7-45(8-6-43)27(49)16-39-26(48)3-2-4-44-19-31(33,34)20-44/h2-3,13-15,18H,4-12,16-17,19-20H2,1H3,(H,39,48)(H,38,40,50)/b3-2+. The molecule has 0 spiro atoms. The highest BCUT2D eigenvalue weighted by atomic mass is 19.4. The van der Waals surface area contributed by atoms with E-state index < -0.39 is 29.7 Å². The molecule has 0 radical (unpaired) electrons. The number of piperazine rings is 1. The van der Waals surface area contributed by atoms with Crippen LogP contribution < -0.4 is 15.5 Å². The molecule has 3 aromatic rings. The summed E-state index contributed by atoms with van der Waals surface area (Å²) < 4.78 is 80.2. The Labute approximate surface area is 294 Å². The van der Waals surface area contributed by atoms with Gasteiger partial charge in [-0.15, -0.1) is 5.10 Å². The van der Waals surface area contributed by atoms with Gasteiger partial charge >= 0.3 is 12.3 Å². The molecule has 3 fully saturated rings. The van der Waals surface area contributed by atoms with Crippen LogP contribution in [0.2, 0.25) is 0 Å². The van der Waals surface area contributed by atoms with Crippen LogP contribution in [0.4, 0.5) is 38.4 Å². The molecular weight excluding hydrogens is 699 g/mol. The fourth-order valence-electron chi connectivity index (χ4n) is 6.13. The molecule has 280 valence electrons. The number of carbonyl (C=O) groups excluding carboxylic acids is 3. The molecule has 0 unspecified atom stereocenters. The number of methoxy groups -OCH3 is 1. The summed E-state index contributed by atoms with van der Waals surface area (Å²) in [6.45, 7) is 3.46. The molecule has 6 rings (SSSR count). The van der Waals surface area contributed by atoms with Crippen LogP contribution in [0.5, 0.6) is 0 Å². The lowest BCUT2D eigenvalue weighted by atomic mass is 10.1. The van der Waals surface area contributed by atoms with Crippen molar-refractivity contribution >= 4 is 35.1 Å². The van der Waals surface area contributed by atoms with Crippen molar-refractivity contribution in [2.45, 2.75) is 18.6 Å². The number of fused-ring (bicyclic) bond motifs is 1. The molecule has 3 aliphatic heterocycles. The number of alkyl halides is 5. The van der Waals surface area contributed by atoms with Gasteiger partial charge in [0.1, 0.15) is 11.3 Å². The zero-order valence-electron chi connectivity index (χ0n) is 28.2. The van der Waals surface area contributed by atoms with Gasteiger partial charge in [-0.3, -0.25) is 24.7 Å². The third kappa shape index (κ3) is 8.91. The average Bonchev–Trinajstić information content (AvgIpc) is 3.52. The van der Waals surface area contributed by atoms with Crippen molar-refractivity contribution in [1.82, 2.24) is 39.6 Å². The maximum atomic E-state index is 14.3. The van der Waals surface area contributed by atoms with Crippen LogP contribution in [0.15, 0.2) is 36.7 Å². The van der Waals surface area contributed by atoms with E-state index in [9.17, 15) is 36.3 Å². The van der Waals surface area contributed by atoms with Crippen molar-refractivity contribution in [2.24, 2.45) is 0 Å². The zero-order valence-corrected chi connectivity index (χ0v) is 28.2. The van der Waals surface area contributed by atoms with E-state index in [1.807, 2.05) is 11.0 Å². The number of rotatable bonds is 10. The van der Waals surface area contributed by atoms with Gasteiger partial charge in [-0.05, 0) is 17.7 Å². The van der Waals surface area contributed by atoms with Gasteiger partial charge in [0.2, 0.25) is 11.8 Å². The number of hydrogen-bond acceptors (Lipinski definition) is 11. The molecule has 0 atom stereocenters. The number of ether oxygens (including phenoxy) is 2. The van der Waals surface area contributed by atoms with Crippen LogP contribution in [-0.2, 0) is 31.8 Å². The van der Waals surface area contributed by atoms with E-state index >= 15 is 0 Å². The fourth-order valence-corrected chi connectivity index (χ4v) is 6.13. The largest absolute Gasteiger partial charge is 0.453 e. The van der Waals surface area contributed by atoms with Gasteiger partial charge in [0.15, 0.2) is 11.6 Å². The Balaban J connectivity index is 1.12. The second-order valence-corrected chi connectivity index (χ2v) is 12.6. The SMILES string of the molecule is COC(=O)Nc1cc(C(F)(F)F)c(-c2nc(N3CCOCC3)c3cc(CN4CCN(C(=O)CNC(=O)/C=C/CN5CC(F)(F)C5)CC4)cn3n2)cn1. The summed E-state index contributed by atoms with van der Waals surface area (Å²) in [5.74, 6) is -3.55. The molecule has 3 saturated heterocycles. The number of morpholine rings is 1. The van der Waals surface area contributed by atoms with Crippen LogP contribution >= 0.6 is 0 Å². The third-order valence-corrected chi connectivity index (χ3v) is 8.76. The Kier molecular flexibility index (Phi) is 10.9. The summed E-state index contributed by atoms with van der Waals surface area (Å²) in [7, 11) is 1.08. The summed E-state index contributed by atoms with van der Waals surface area (Å²) in [5.41, 5.74) is -0.0449. The average molecular weight is 737 g/mol. The topological polar surface area (TPSA) is 150 Å².